The number of allylic oxidation sites excluding steroid dienone is 1. The Bertz CT molecular complexity index is 443. The molecule has 0 aromatic heterocycles. The van der Waals surface area contributed by atoms with Crippen LogP contribution < -0.4 is 4.74 Å². The number of nitro groups is 1. The predicted molar refractivity (Wildman–Crippen MR) is 67.9 cm³/mol. The lowest BCUT2D eigenvalue weighted by atomic mass is 10.1. The molecule has 4 nitrogen and oxygen atoms in total. The Kier molecular flexibility index (Phi) is 4.97. The van der Waals surface area contributed by atoms with Gasteiger partial charge in [0.25, 0.3) is 0 Å². The summed E-state index contributed by atoms with van der Waals surface area (Å²) in [5.74, 6) is 0.543. The zero-order valence-corrected chi connectivity index (χ0v) is 10.5. The van der Waals surface area contributed by atoms with Crippen molar-refractivity contribution in [2.75, 3.05) is 6.61 Å². The summed E-state index contributed by atoms with van der Waals surface area (Å²) < 4.78 is 5.32. The van der Waals surface area contributed by atoms with E-state index in [1.807, 2.05) is 6.92 Å². The summed E-state index contributed by atoms with van der Waals surface area (Å²) >= 11 is 5.93. The summed E-state index contributed by atoms with van der Waals surface area (Å²) in [4.78, 5) is 10.3. The van der Waals surface area contributed by atoms with Crippen molar-refractivity contribution in [3.05, 3.63) is 44.6 Å². The van der Waals surface area contributed by atoms with E-state index in [9.17, 15) is 10.1 Å². The number of ether oxygens (including phenoxy) is 1. The summed E-state index contributed by atoms with van der Waals surface area (Å²) in [6, 6.07) is 5.10. The first-order valence-corrected chi connectivity index (χ1v) is 5.73. The third-order valence-electron chi connectivity index (χ3n) is 2.19. The van der Waals surface area contributed by atoms with Gasteiger partial charge in [-0.1, -0.05) is 24.6 Å². The highest BCUT2D eigenvalue weighted by Crippen LogP contribution is 2.26. The summed E-state index contributed by atoms with van der Waals surface area (Å²) in [5, 5.41) is 11.2. The van der Waals surface area contributed by atoms with Crippen LogP contribution in [0.3, 0.4) is 0 Å². The number of benzene rings is 1. The van der Waals surface area contributed by atoms with Crippen LogP contribution in [0.2, 0.25) is 5.02 Å². The van der Waals surface area contributed by atoms with Gasteiger partial charge in [-0.05, 0) is 24.6 Å². The molecule has 1 aromatic carbocycles. The van der Waals surface area contributed by atoms with Crippen LogP contribution in [0.25, 0.3) is 6.08 Å². The highest BCUT2D eigenvalue weighted by atomic mass is 35.5. The second-order valence-corrected chi connectivity index (χ2v) is 3.78. The average Bonchev–Trinajstić information content (AvgIpc) is 2.30. The molecule has 0 fully saturated rings. The molecule has 0 heterocycles. The van der Waals surface area contributed by atoms with Gasteiger partial charge in [-0.2, -0.15) is 0 Å². The SMILES string of the molecule is CCOc1cc(/C=C(\CC)[N+](=O)[O-])ccc1Cl. The fourth-order valence-corrected chi connectivity index (χ4v) is 1.52. The number of hydrogen-bond donors (Lipinski definition) is 0. The second kappa shape index (κ2) is 6.25. The molecule has 0 atom stereocenters. The molecule has 0 saturated heterocycles. The van der Waals surface area contributed by atoms with E-state index in [0.29, 0.717) is 29.4 Å². The van der Waals surface area contributed by atoms with E-state index in [0.717, 1.165) is 0 Å². The third kappa shape index (κ3) is 3.75. The molecule has 0 amide bonds. The number of hydrogen-bond acceptors (Lipinski definition) is 3. The van der Waals surface area contributed by atoms with Crippen LogP contribution in [0.4, 0.5) is 0 Å². The lowest BCUT2D eigenvalue weighted by Crippen LogP contribution is -1.97. The van der Waals surface area contributed by atoms with Gasteiger partial charge in [0.15, 0.2) is 0 Å². The van der Waals surface area contributed by atoms with Gasteiger partial charge in [-0.25, -0.2) is 0 Å². The van der Waals surface area contributed by atoms with Crippen molar-refractivity contribution in [3.8, 4) is 5.75 Å². The lowest BCUT2D eigenvalue weighted by molar-refractivity contribution is -0.425. The molecular formula is C12H14ClNO3. The number of nitrogens with zero attached hydrogens (tertiary/aromatic N) is 1. The minimum Gasteiger partial charge on any atom is -0.492 e. The molecule has 0 spiro atoms. The molecule has 0 bridgehead atoms. The second-order valence-electron chi connectivity index (χ2n) is 3.37. The Balaban J connectivity index is 3.07. The Hall–Kier alpha value is -1.55. The topological polar surface area (TPSA) is 52.4 Å². The van der Waals surface area contributed by atoms with Crippen molar-refractivity contribution in [2.24, 2.45) is 0 Å². The molecule has 0 saturated carbocycles. The van der Waals surface area contributed by atoms with E-state index in [-0.39, 0.29) is 10.6 Å². The van der Waals surface area contributed by atoms with E-state index in [1.165, 1.54) is 6.08 Å². The van der Waals surface area contributed by atoms with E-state index in [1.54, 1.807) is 25.1 Å². The minimum absolute atomic E-state index is 0.162. The highest BCUT2D eigenvalue weighted by Gasteiger charge is 2.08. The standard InChI is InChI=1S/C12H14ClNO3/c1-3-10(14(15)16)7-9-5-6-11(13)12(8-9)17-4-2/h5-8H,3-4H2,1-2H3/b10-7+. The van der Waals surface area contributed by atoms with Crippen molar-refractivity contribution < 1.29 is 9.66 Å². The average molecular weight is 256 g/mol. The van der Waals surface area contributed by atoms with Gasteiger partial charge in [-0.15, -0.1) is 0 Å². The highest BCUT2D eigenvalue weighted by molar-refractivity contribution is 6.32. The lowest BCUT2D eigenvalue weighted by Gasteiger charge is -2.06. The molecule has 0 aliphatic heterocycles. The maximum Gasteiger partial charge on any atom is 0.246 e. The van der Waals surface area contributed by atoms with Crippen molar-refractivity contribution in [1.82, 2.24) is 0 Å². The summed E-state index contributed by atoms with van der Waals surface area (Å²) in [5.41, 5.74) is 0.876. The number of halogens is 1. The molecule has 1 aromatic rings. The summed E-state index contributed by atoms with van der Waals surface area (Å²) in [6.45, 7) is 4.10. The van der Waals surface area contributed by atoms with Crippen LogP contribution in [-0.4, -0.2) is 11.5 Å². The molecule has 1 rings (SSSR count). The van der Waals surface area contributed by atoms with Crippen LogP contribution in [0.5, 0.6) is 5.75 Å². The van der Waals surface area contributed by atoms with Gasteiger partial charge in [0, 0.05) is 12.5 Å². The monoisotopic (exact) mass is 255 g/mol. The summed E-state index contributed by atoms with van der Waals surface area (Å²) in [7, 11) is 0. The number of rotatable bonds is 5. The van der Waals surface area contributed by atoms with Crippen LogP contribution >= 0.6 is 11.6 Å². The fourth-order valence-electron chi connectivity index (χ4n) is 1.35. The Morgan fingerprint density at radius 1 is 1.53 bits per heavy atom. The van der Waals surface area contributed by atoms with Gasteiger partial charge in [0.2, 0.25) is 5.70 Å². The zero-order chi connectivity index (χ0) is 12.8. The summed E-state index contributed by atoms with van der Waals surface area (Å²) in [6.07, 6.45) is 1.90. The molecule has 0 aliphatic rings. The quantitative estimate of drug-likeness (QED) is 0.594. The van der Waals surface area contributed by atoms with Crippen molar-refractivity contribution in [3.63, 3.8) is 0 Å². The van der Waals surface area contributed by atoms with Crippen LogP contribution in [-0.2, 0) is 0 Å². The van der Waals surface area contributed by atoms with Gasteiger partial charge in [-0.3, -0.25) is 10.1 Å². The van der Waals surface area contributed by atoms with Crippen molar-refractivity contribution in [2.45, 2.75) is 20.3 Å². The first-order valence-electron chi connectivity index (χ1n) is 5.35. The third-order valence-corrected chi connectivity index (χ3v) is 2.50. The molecule has 92 valence electrons. The first-order chi connectivity index (χ1) is 8.08. The molecule has 0 radical (unpaired) electrons. The zero-order valence-electron chi connectivity index (χ0n) is 9.77. The molecule has 5 heteroatoms. The molecule has 0 unspecified atom stereocenters. The largest absolute Gasteiger partial charge is 0.492 e. The Labute approximate surface area is 105 Å². The van der Waals surface area contributed by atoms with Crippen LogP contribution in [0, 0.1) is 10.1 Å². The van der Waals surface area contributed by atoms with Crippen molar-refractivity contribution in [1.29, 1.82) is 0 Å². The van der Waals surface area contributed by atoms with Gasteiger partial charge >= 0.3 is 0 Å². The van der Waals surface area contributed by atoms with Crippen LogP contribution in [0.15, 0.2) is 23.9 Å². The van der Waals surface area contributed by atoms with Gasteiger partial charge in [0.1, 0.15) is 5.75 Å². The minimum atomic E-state index is -0.380. The Morgan fingerprint density at radius 3 is 2.76 bits per heavy atom. The van der Waals surface area contributed by atoms with E-state index < -0.39 is 0 Å². The Morgan fingerprint density at radius 2 is 2.24 bits per heavy atom. The predicted octanol–water partition coefficient (Wildman–Crippen LogP) is 3.77. The van der Waals surface area contributed by atoms with E-state index in [2.05, 4.69) is 0 Å². The van der Waals surface area contributed by atoms with Crippen molar-refractivity contribution >= 4 is 17.7 Å². The molecular weight excluding hydrogens is 242 g/mol. The maximum absolute atomic E-state index is 10.7. The first kappa shape index (κ1) is 13.5. The molecule has 17 heavy (non-hydrogen) atoms. The van der Waals surface area contributed by atoms with Gasteiger partial charge < -0.3 is 4.74 Å². The smallest absolute Gasteiger partial charge is 0.246 e. The van der Waals surface area contributed by atoms with Gasteiger partial charge in [0.05, 0.1) is 16.6 Å². The fraction of sp³-hybridized carbons (Fsp3) is 0.333. The van der Waals surface area contributed by atoms with Crippen LogP contribution in [0.1, 0.15) is 25.8 Å². The molecule has 0 N–H and O–H groups in total. The van der Waals surface area contributed by atoms with E-state index >= 15 is 0 Å². The maximum atomic E-state index is 10.7. The normalized spacial score (nSPS) is 11.4. The van der Waals surface area contributed by atoms with E-state index in [4.69, 9.17) is 16.3 Å². The molecule has 0 aliphatic carbocycles.